The molecule has 0 saturated carbocycles. The molecular weight excluding hydrogens is 290 g/mol. The van der Waals surface area contributed by atoms with Gasteiger partial charge in [0.2, 0.25) is 0 Å². The van der Waals surface area contributed by atoms with Crippen LogP contribution in [0.4, 0.5) is 4.79 Å². The van der Waals surface area contributed by atoms with Crippen molar-refractivity contribution < 1.29 is 9.53 Å². The van der Waals surface area contributed by atoms with Crippen molar-refractivity contribution in [2.45, 2.75) is 39.3 Å². The molecule has 1 heterocycles. The van der Waals surface area contributed by atoms with Gasteiger partial charge in [0.1, 0.15) is 6.10 Å². The quantitative estimate of drug-likeness (QED) is 0.893. The van der Waals surface area contributed by atoms with Crippen molar-refractivity contribution in [3.8, 4) is 0 Å². The first-order valence-corrected chi connectivity index (χ1v) is 6.68. The van der Waals surface area contributed by atoms with Gasteiger partial charge in [-0.15, -0.1) is 11.3 Å². The molecule has 0 fully saturated rings. The average Bonchev–Trinajstić information content (AvgIpc) is 2.47. The van der Waals surface area contributed by atoms with E-state index in [0.29, 0.717) is 0 Å². The lowest BCUT2D eigenvalue weighted by atomic mass is 10.1. The maximum Gasteiger partial charge on any atom is 0.408 e. The summed E-state index contributed by atoms with van der Waals surface area (Å²) in [5.74, 6) is 0. The van der Waals surface area contributed by atoms with Crippen LogP contribution in [0.2, 0.25) is 0 Å². The Kier molecular flexibility index (Phi) is 4.38. The van der Waals surface area contributed by atoms with Crippen LogP contribution in [-0.2, 0) is 4.74 Å². The van der Waals surface area contributed by atoms with Gasteiger partial charge < -0.3 is 10.1 Å². The molecule has 0 saturated heterocycles. The Bertz CT molecular complexity index is 370. The maximum atomic E-state index is 11.5. The highest BCUT2D eigenvalue weighted by atomic mass is 79.9. The highest BCUT2D eigenvalue weighted by Crippen LogP contribution is 2.27. The Balaban J connectivity index is 2.52. The number of rotatable bonds is 2. The summed E-state index contributed by atoms with van der Waals surface area (Å²) in [6.45, 7) is 7.61. The van der Waals surface area contributed by atoms with Crippen LogP contribution in [0.15, 0.2) is 15.9 Å². The van der Waals surface area contributed by atoms with Crippen LogP contribution in [0.3, 0.4) is 0 Å². The summed E-state index contributed by atoms with van der Waals surface area (Å²) >= 11 is 4.94. The Hall–Kier alpha value is -0.550. The first-order chi connectivity index (χ1) is 7.28. The van der Waals surface area contributed by atoms with E-state index in [0.717, 1.165) is 9.35 Å². The van der Waals surface area contributed by atoms with Gasteiger partial charge in [-0.25, -0.2) is 4.79 Å². The molecule has 16 heavy (non-hydrogen) atoms. The van der Waals surface area contributed by atoms with Crippen LogP contribution < -0.4 is 5.32 Å². The van der Waals surface area contributed by atoms with Gasteiger partial charge in [-0.2, -0.15) is 0 Å². The van der Waals surface area contributed by atoms with E-state index in [1.54, 1.807) is 11.3 Å². The zero-order chi connectivity index (χ0) is 12.3. The van der Waals surface area contributed by atoms with Crippen LogP contribution in [0.25, 0.3) is 0 Å². The minimum Gasteiger partial charge on any atom is -0.441 e. The summed E-state index contributed by atoms with van der Waals surface area (Å²) in [7, 11) is 0. The van der Waals surface area contributed by atoms with Crippen molar-refractivity contribution in [3.05, 3.63) is 20.8 Å². The number of hydrogen-bond donors (Lipinski definition) is 1. The second-order valence-corrected chi connectivity index (χ2v) is 6.45. The number of nitrogens with one attached hydrogen (secondary N) is 1. The fourth-order valence-corrected chi connectivity index (χ4v) is 2.53. The second-order valence-electron chi connectivity index (χ2n) is 4.59. The predicted octanol–water partition coefficient (Wildman–Crippen LogP) is 4.10. The average molecular weight is 306 g/mol. The summed E-state index contributed by atoms with van der Waals surface area (Å²) in [5.41, 5.74) is -0.271. The van der Waals surface area contributed by atoms with Crippen LogP contribution in [0, 0.1) is 0 Å². The molecule has 0 aliphatic carbocycles. The molecule has 0 aliphatic rings. The molecule has 0 bridgehead atoms. The Morgan fingerprint density at radius 3 is 2.62 bits per heavy atom. The Labute approximate surface area is 108 Å². The molecule has 0 radical (unpaired) electrons. The van der Waals surface area contributed by atoms with E-state index < -0.39 is 0 Å². The molecule has 5 heteroatoms. The summed E-state index contributed by atoms with van der Waals surface area (Å²) in [5, 5.41) is 4.73. The molecule has 0 spiro atoms. The highest BCUT2D eigenvalue weighted by Gasteiger charge is 2.18. The van der Waals surface area contributed by atoms with Crippen molar-refractivity contribution >= 4 is 33.4 Å². The number of carbonyl (C=O) groups excluding carboxylic acids is 1. The van der Waals surface area contributed by atoms with Crippen molar-refractivity contribution in [1.82, 2.24) is 5.32 Å². The number of thiophene rings is 1. The summed E-state index contributed by atoms with van der Waals surface area (Å²) in [4.78, 5) is 12.5. The highest BCUT2D eigenvalue weighted by molar-refractivity contribution is 9.10. The fourth-order valence-electron chi connectivity index (χ4n) is 1.10. The fraction of sp³-hybridized carbons (Fsp3) is 0.545. The van der Waals surface area contributed by atoms with E-state index in [-0.39, 0.29) is 17.7 Å². The van der Waals surface area contributed by atoms with Gasteiger partial charge in [0.15, 0.2) is 0 Å². The van der Waals surface area contributed by atoms with Gasteiger partial charge in [0, 0.05) is 20.3 Å². The normalized spacial score (nSPS) is 13.3. The third-order valence-electron chi connectivity index (χ3n) is 1.75. The van der Waals surface area contributed by atoms with Crippen molar-refractivity contribution in [3.63, 3.8) is 0 Å². The smallest absolute Gasteiger partial charge is 0.408 e. The molecule has 1 amide bonds. The Morgan fingerprint density at radius 1 is 1.56 bits per heavy atom. The van der Waals surface area contributed by atoms with E-state index in [9.17, 15) is 4.79 Å². The summed E-state index contributed by atoms with van der Waals surface area (Å²) in [6, 6.07) is 1.96. The topological polar surface area (TPSA) is 38.3 Å². The largest absolute Gasteiger partial charge is 0.441 e. The predicted molar refractivity (Wildman–Crippen MR) is 69.8 cm³/mol. The molecule has 0 aromatic carbocycles. The molecule has 0 aliphatic heterocycles. The van der Waals surface area contributed by atoms with Gasteiger partial charge in [-0.1, -0.05) is 0 Å². The molecule has 1 atom stereocenters. The van der Waals surface area contributed by atoms with Crippen LogP contribution in [-0.4, -0.2) is 11.6 Å². The lowest BCUT2D eigenvalue weighted by Crippen LogP contribution is -2.41. The van der Waals surface area contributed by atoms with Gasteiger partial charge in [0.05, 0.1) is 0 Å². The van der Waals surface area contributed by atoms with E-state index in [2.05, 4.69) is 21.2 Å². The molecule has 3 nitrogen and oxygen atoms in total. The van der Waals surface area contributed by atoms with E-state index in [4.69, 9.17) is 4.74 Å². The zero-order valence-corrected chi connectivity index (χ0v) is 12.2. The van der Waals surface area contributed by atoms with Crippen molar-refractivity contribution in [2.24, 2.45) is 0 Å². The van der Waals surface area contributed by atoms with E-state index in [1.165, 1.54) is 0 Å². The molecule has 1 aromatic heterocycles. The molecule has 1 rings (SSSR count). The number of carbonyl (C=O) groups is 1. The molecule has 1 aromatic rings. The minimum absolute atomic E-state index is 0.223. The molecule has 0 unspecified atom stereocenters. The van der Waals surface area contributed by atoms with Crippen LogP contribution in [0.5, 0.6) is 0 Å². The number of halogens is 1. The SMILES string of the molecule is C[C@@H](OC(=O)NC(C)(C)C)c1cc(Br)cs1. The minimum atomic E-state index is -0.385. The van der Waals surface area contributed by atoms with Crippen LogP contribution >= 0.6 is 27.3 Å². The molecule has 1 N–H and O–H groups in total. The van der Waals surface area contributed by atoms with Crippen molar-refractivity contribution in [1.29, 1.82) is 0 Å². The Morgan fingerprint density at radius 2 is 2.19 bits per heavy atom. The summed E-state index contributed by atoms with van der Waals surface area (Å²) in [6.07, 6.45) is -0.608. The third kappa shape index (κ3) is 4.53. The molecule has 90 valence electrons. The second kappa shape index (κ2) is 5.19. The van der Waals surface area contributed by atoms with Crippen molar-refractivity contribution in [2.75, 3.05) is 0 Å². The number of ether oxygens (including phenoxy) is 1. The maximum absolute atomic E-state index is 11.5. The monoisotopic (exact) mass is 305 g/mol. The van der Waals surface area contributed by atoms with Gasteiger partial charge in [-0.3, -0.25) is 0 Å². The lowest BCUT2D eigenvalue weighted by Gasteiger charge is -2.21. The standard InChI is InChI=1S/C11H16BrNO2S/c1-7(9-5-8(12)6-16-9)15-10(14)13-11(2,3)4/h5-7H,1-4H3,(H,13,14)/t7-/m1/s1. The first-order valence-electron chi connectivity index (χ1n) is 5.00. The van der Waals surface area contributed by atoms with E-state index in [1.807, 2.05) is 39.1 Å². The van der Waals surface area contributed by atoms with Gasteiger partial charge >= 0.3 is 6.09 Å². The number of amides is 1. The lowest BCUT2D eigenvalue weighted by molar-refractivity contribution is 0.102. The number of hydrogen-bond acceptors (Lipinski definition) is 3. The third-order valence-corrected chi connectivity index (χ3v) is 3.60. The van der Waals surface area contributed by atoms with Gasteiger partial charge in [0.25, 0.3) is 0 Å². The van der Waals surface area contributed by atoms with E-state index >= 15 is 0 Å². The molecular formula is C11H16BrNO2S. The summed E-state index contributed by atoms with van der Waals surface area (Å²) < 4.78 is 6.28. The zero-order valence-electron chi connectivity index (χ0n) is 9.83. The van der Waals surface area contributed by atoms with Gasteiger partial charge in [-0.05, 0) is 49.7 Å². The van der Waals surface area contributed by atoms with Crippen LogP contribution in [0.1, 0.15) is 38.7 Å². The number of alkyl carbamates (subject to hydrolysis) is 1. The first kappa shape index (κ1) is 13.5.